The molecule has 1 aromatic heterocycles. The van der Waals surface area contributed by atoms with E-state index in [1.165, 1.54) is 29.1 Å². The maximum Gasteiger partial charge on any atom is 0.327 e. The van der Waals surface area contributed by atoms with E-state index in [4.69, 9.17) is 15.2 Å². The van der Waals surface area contributed by atoms with Gasteiger partial charge in [-0.2, -0.15) is 4.99 Å². The Morgan fingerprint density at radius 1 is 1.19 bits per heavy atom. The third-order valence-electron chi connectivity index (χ3n) is 4.13. The summed E-state index contributed by atoms with van der Waals surface area (Å²) in [6.45, 7) is 8.90. The van der Waals surface area contributed by atoms with Gasteiger partial charge in [-0.25, -0.2) is 0 Å². The Morgan fingerprint density at radius 2 is 1.88 bits per heavy atom. The van der Waals surface area contributed by atoms with Gasteiger partial charge in [-0.3, -0.25) is 19.0 Å². The normalized spacial score (nSPS) is 12.4. The Hall–Kier alpha value is -2.98. The number of rotatable bonds is 7. The molecule has 0 aliphatic carbocycles. The van der Waals surface area contributed by atoms with Crippen molar-refractivity contribution in [3.8, 4) is 5.75 Å². The summed E-state index contributed by atoms with van der Waals surface area (Å²) in [6, 6.07) is 4.69. The van der Waals surface area contributed by atoms with E-state index in [9.17, 15) is 14.4 Å². The predicted octanol–water partition coefficient (Wildman–Crippen LogP) is 2.91. The zero-order valence-electron chi connectivity index (χ0n) is 19.2. The fraction of sp³-hybridized carbons (Fsp3) is 0.455. The second-order valence-electron chi connectivity index (χ2n) is 9.06. The van der Waals surface area contributed by atoms with E-state index < -0.39 is 17.4 Å². The summed E-state index contributed by atoms with van der Waals surface area (Å²) in [7, 11) is 1.46. The molecular weight excluding hydrogens is 432 g/mol. The van der Waals surface area contributed by atoms with Gasteiger partial charge in [-0.05, 0) is 37.5 Å². The molecule has 0 fully saturated rings. The van der Waals surface area contributed by atoms with Crippen molar-refractivity contribution in [1.82, 2.24) is 4.57 Å². The first kappa shape index (κ1) is 25.3. The Labute approximate surface area is 191 Å². The highest BCUT2D eigenvalue weighted by Crippen LogP contribution is 2.27. The van der Waals surface area contributed by atoms with E-state index >= 15 is 0 Å². The number of anilines is 1. The second kappa shape index (κ2) is 10.1. The van der Waals surface area contributed by atoms with Crippen LogP contribution in [0.4, 0.5) is 5.69 Å². The van der Waals surface area contributed by atoms with Crippen molar-refractivity contribution in [2.24, 2.45) is 16.1 Å². The van der Waals surface area contributed by atoms with Crippen LogP contribution in [0.3, 0.4) is 0 Å². The topological polar surface area (TPSA) is 125 Å². The maximum atomic E-state index is 12.7. The lowest BCUT2D eigenvalue weighted by Gasteiger charge is -2.18. The molecule has 9 nitrogen and oxygen atoms in total. The van der Waals surface area contributed by atoms with Crippen LogP contribution in [0, 0.1) is 5.41 Å². The van der Waals surface area contributed by atoms with Crippen LogP contribution in [0.5, 0.6) is 5.75 Å². The lowest BCUT2D eigenvalue weighted by atomic mass is 9.92. The van der Waals surface area contributed by atoms with E-state index in [1.807, 2.05) is 20.8 Å². The van der Waals surface area contributed by atoms with Gasteiger partial charge in [-0.15, -0.1) is 11.3 Å². The number of hydrogen-bond acceptors (Lipinski definition) is 7. The molecular formula is C22H30N4O5S. The minimum atomic E-state index is -1.12. The number of aromatic nitrogens is 1. The molecule has 174 valence electrons. The molecule has 10 heteroatoms. The Bertz CT molecular complexity index is 1060. The zero-order valence-corrected chi connectivity index (χ0v) is 20.0. The average molecular weight is 463 g/mol. The third kappa shape index (κ3) is 7.31. The summed E-state index contributed by atoms with van der Waals surface area (Å²) in [6.07, 6.45) is 2.00. The van der Waals surface area contributed by atoms with Crippen molar-refractivity contribution in [1.29, 1.82) is 0 Å². The smallest absolute Gasteiger partial charge is 0.327 e. The van der Waals surface area contributed by atoms with Crippen molar-refractivity contribution in [2.45, 2.75) is 53.3 Å². The first-order valence-corrected chi connectivity index (χ1v) is 10.8. The molecule has 2 amide bonds. The van der Waals surface area contributed by atoms with Gasteiger partial charge in [-0.1, -0.05) is 20.8 Å². The van der Waals surface area contributed by atoms with E-state index in [-0.39, 0.29) is 23.6 Å². The van der Waals surface area contributed by atoms with Crippen LogP contribution in [0.1, 0.15) is 51.4 Å². The maximum absolute atomic E-state index is 12.7. The van der Waals surface area contributed by atoms with E-state index in [0.29, 0.717) is 22.7 Å². The van der Waals surface area contributed by atoms with Gasteiger partial charge in [0.15, 0.2) is 11.5 Å². The molecule has 1 aromatic carbocycles. The first-order chi connectivity index (χ1) is 14.8. The van der Waals surface area contributed by atoms with Crippen LogP contribution >= 0.6 is 11.3 Å². The largest absolute Gasteiger partial charge is 0.495 e. The molecule has 0 unspecified atom stereocenters. The van der Waals surface area contributed by atoms with E-state index in [0.717, 1.165) is 0 Å². The van der Waals surface area contributed by atoms with Crippen molar-refractivity contribution in [3.63, 3.8) is 0 Å². The van der Waals surface area contributed by atoms with Gasteiger partial charge in [0.25, 0.3) is 5.91 Å². The number of esters is 1. The van der Waals surface area contributed by atoms with Crippen LogP contribution < -0.4 is 20.6 Å². The predicted molar refractivity (Wildman–Crippen MR) is 122 cm³/mol. The first-order valence-electron chi connectivity index (χ1n) is 9.97. The Balaban J connectivity index is 2.19. The SMILES string of the molecule is COc1cc(C(=O)/N=c2\sccn2COC(=O)C(C)(C)N)ccc1NC(=O)CC(C)(C)C. The fourth-order valence-corrected chi connectivity index (χ4v) is 3.27. The van der Waals surface area contributed by atoms with E-state index in [2.05, 4.69) is 10.3 Å². The number of nitrogens with two attached hydrogens (primary N) is 1. The highest BCUT2D eigenvalue weighted by Gasteiger charge is 2.24. The summed E-state index contributed by atoms with van der Waals surface area (Å²) in [5.74, 6) is -0.860. The molecule has 2 aromatic rings. The molecule has 0 saturated carbocycles. The molecule has 0 atom stereocenters. The Morgan fingerprint density at radius 3 is 2.47 bits per heavy atom. The van der Waals surface area contributed by atoms with Crippen molar-refractivity contribution in [3.05, 3.63) is 40.1 Å². The number of methoxy groups -OCH3 is 1. The number of thiazole rings is 1. The molecule has 0 saturated heterocycles. The van der Waals surface area contributed by atoms with Gasteiger partial charge in [0.1, 0.15) is 11.3 Å². The zero-order chi connectivity index (χ0) is 24.1. The molecule has 0 spiro atoms. The lowest BCUT2D eigenvalue weighted by Crippen LogP contribution is -2.43. The number of amides is 2. The lowest BCUT2D eigenvalue weighted by molar-refractivity contribution is -0.152. The summed E-state index contributed by atoms with van der Waals surface area (Å²) in [4.78, 5) is 41.3. The van der Waals surface area contributed by atoms with Crippen LogP contribution in [-0.2, 0) is 21.1 Å². The molecule has 0 radical (unpaired) electrons. The summed E-state index contributed by atoms with van der Waals surface area (Å²) in [5.41, 5.74) is 5.20. The Kier molecular flexibility index (Phi) is 7.97. The van der Waals surface area contributed by atoms with Gasteiger partial charge >= 0.3 is 5.97 Å². The number of benzene rings is 1. The molecule has 0 aliphatic heterocycles. The number of carbonyl (C=O) groups is 3. The van der Waals surface area contributed by atoms with Crippen LogP contribution in [0.2, 0.25) is 0 Å². The summed E-state index contributed by atoms with van der Waals surface area (Å²) in [5, 5.41) is 4.54. The number of nitrogens with one attached hydrogen (secondary N) is 1. The van der Waals surface area contributed by atoms with Gasteiger partial charge < -0.3 is 20.5 Å². The van der Waals surface area contributed by atoms with Gasteiger partial charge in [0.05, 0.1) is 12.8 Å². The van der Waals surface area contributed by atoms with Crippen molar-refractivity contribution >= 4 is 34.8 Å². The molecule has 0 aliphatic rings. The minimum Gasteiger partial charge on any atom is -0.495 e. The van der Waals surface area contributed by atoms with Gasteiger partial charge in [0.2, 0.25) is 5.91 Å². The third-order valence-corrected chi connectivity index (χ3v) is 4.93. The standard InChI is InChI=1S/C22H30N4O5S/c1-21(2,3)12-17(27)24-15-8-7-14(11-16(15)30-6)18(28)25-20-26(9-10-32-20)13-31-19(29)22(4,5)23/h7-11H,12-13,23H2,1-6H3,(H,24,27)/b25-20-. The summed E-state index contributed by atoms with van der Waals surface area (Å²) < 4.78 is 12.1. The molecule has 1 heterocycles. The molecule has 3 N–H and O–H groups in total. The number of hydrogen-bond donors (Lipinski definition) is 2. The van der Waals surface area contributed by atoms with E-state index in [1.54, 1.807) is 37.6 Å². The van der Waals surface area contributed by atoms with Crippen LogP contribution in [0.15, 0.2) is 34.8 Å². The highest BCUT2D eigenvalue weighted by molar-refractivity contribution is 7.07. The van der Waals surface area contributed by atoms with Crippen molar-refractivity contribution in [2.75, 3.05) is 12.4 Å². The number of ether oxygens (including phenoxy) is 2. The van der Waals surface area contributed by atoms with Crippen molar-refractivity contribution < 1.29 is 23.9 Å². The minimum absolute atomic E-state index is 0.114. The average Bonchev–Trinajstić information content (AvgIpc) is 3.10. The summed E-state index contributed by atoms with van der Waals surface area (Å²) >= 11 is 1.22. The quantitative estimate of drug-likeness (QED) is 0.610. The second-order valence-corrected chi connectivity index (χ2v) is 9.93. The van der Waals surface area contributed by atoms with Gasteiger partial charge in [0, 0.05) is 23.6 Å². The monoisotopic (exact) mass is 462 g/mol. The number of nitrogens with zero attached hydrogens (tertiary/aromatic N) is 2. The molecule has 32 heavy (non-hydrogen) atoms. The number of carbonyl (C=O) groups excluding carboxylic acids is 3. The molecule has 2 rings (SSSR count). The molecule has 0 bridgehead atoms. The fourth-order valence-electron chi connectivity index (χ4n) is 2.55. The van der Waals surface area contributed by atoms with Crippen LogP contribution in [-0.4, -0.2) is 35.0 Å². The van der Waals surface area contributed by atoms with Crippen LogP contribution in [0.25, 0.3) is 0 Å². The highest BCUT2D eigenvalue weighted by atomic mass is 32.1.